The lowest BCUT2D eigenvalue weighted by molar-refractivity contribution is 0.669. The number of hydrogen-bond donors (Lipinski definition) is 0. The van der Waals surface area contributed by atoms with Gasteiger partial charge < -0.3 is 18.1 Å². The summed E-state index contributed by atoms with van der Waals surface area (Å²) in [7, 11) is 0. The van der Waals surface area contributed by atoms with Crippen LogP contribution in [-0.4, -0.2) is 13.7 Å². The molecule has 70 heavy (non-hydrogen) atoms. The van der Waals surface area contributed by atoms with Crippen molar-refractivity contribution in [2.24, 2.45) is 0 Å². The molecular formula is C66H41N3O. The molecule has 0 spiro atoms. The summed E-state index contributed by atoms with van der Waals surface area (Å²) in [4.78, 5) is 0. The van der Waals surface area contributed by atoms with Crippen molar-refractivity contribution < 1.29 is 4.42 Å². The van der Waals surface area contributed by atoms with Crippen LogP contribution in [0.2, 0.25) is 0 Å². The lowest BCUT2D eigenvalue weighted by atomic mass is 9.96. The summed E-state index contributed by atoms with van der Waals surface area (Å²) in [6.07, 6.45) is 0. The SMILES string of the molecule is c1ccc(-n2c3ccccc3c3cc(-c4ccc5c(c4)c4cc(-c6ccc7oc8cccc(-c9ccc%10c(c9)c9ccccc9n%10-c9ccccc9)c8c7c6)ccc4n5-c4ccccc4)ccc32)cc1. The third kappa shape index (κ3) is 5.77. The zero-order valence-electron chi connectivity index (χ0n) is 37.9. The molecule has 4 heteroatoms. The largest absolute Gasteiger partial charge is 0.456 e. The first-order valence-electron chi connectivity index (χ1n) is 24.0. The Balaban J connectivity index is 0.886. The first-order valence-corrected chi connectivity index (χ1v) is 24.0. The topological polar surface area (TPSA) is 27.9 Å². The van der Waals surface area contributed by atoms with Gasteiger partial charge in [0.2, 0.25) is 0 Å². The van der Waals surface area contributed by atoms with E-state index in [0.717, 1.165) is 61.3 Å². The predicted molar refractivity (Wildman–Crippen MR) is 293 cm³/mol. The molecule has 15 aromatic rings. The number of para-hydroxylation sites is 5. The van der Waals surface area contributed by atoms with Gasteiger partial charge in [-0.25, -0.2) is 0 Å². The Morgan fingerprint density at radius 2 is 0.586 bits per heavy atom. The molecule has 4 aromatic heterocycles. The molecule has 0 fully saturated rings. The summed E-state index contributed by atoms with van der Waals surface area (Å²) in [5, 5.41) is 9.61. The van der Waals surface area contributed by atoms with Crippen LogP contribution in [0.5, 0.6) is 0 Å². The minimum atomic E-state index is 0.878. The highest BCUT2D eigenvalue weighted by atomic mass is 16.3. The van der Waals surface area contributed by atoms with E-state index in [1.807, 2.05) is 0 Å². The van der Waals surface area contributed by atoms with Gasteiger partial charge in [0.1, 0.15) is 11.2 Å². The van der Waals surface area contributed by atoms with Crippen molar-refractivity contribution in [1.82, 2.24) is 13.7 Å². The second kappa shape index (κ2) is 15.1. The van der Waals surface area contributed by atoms with E-state index in [1.165, 1.54) is 76.5 Å². The highest BCUT2D eigenvalue weighted by Gasteiger charge is 2.20. The summed E-state index contributed by atoms with van der Waals surface area (Å²) in [5.74, 6) is 0. The minimum absolute atomic E-state index is 0.878. The fraction of sp³-hybridized carbons (Fsp3) is 0. The predicted octanol–water partition coefficient (Wildman–Crippen LogP) is 17.9. The Morgan fingerprint density at radius 1 is 0.229 bits per heavy atom. The van der Waals surface area contributed by atoms with Crippen LogP contribution >= 0.6 is 0 Å². The number of nitrogens with zero attached hydrogens (tertiary/aromatic N) is 3. The van der Waals surface area contributed by atoms with Crippen LogP contribution in [0.25, 0.3) is 138 Å². The zero-order valence-corrected chi connectivity index (χ0v) is 37.9. The van der Waals surface area contributed by atoms with Crippen LogP contribution in [0.15, 0.2) is 253 Å². The Labute approximate surface area is 402 Å². The molecule has 0 saturated heterocycles. The van der Waals surface area contributed by atoms with Gasteiger partial charge in [0.05, 0.1) is 33.1 Å². The lowest BCUT2D eigenvalue weighted by Gasteiger charge is -2.09. The Morgan fingerprint density at radius 3 is 1.06 bits per heavy atom. The third-order valence-corrected chi connectivity index (χ3v) is 14.6. The van der Waals surface area contributed by atoms with Crippen molar-refractivity contribution >= 4 is 87.4 Å². The van der Waals surface area contributed by atoms with Crippen molar-refractivity contribution in [2.45, 2.75) is 0 Å². The van der Waals surface area contributed by atoms with Gasteiger partial charge in [-0.3, -0.25) is 0 Å². The maximum atomic E-state index is 6.63. The van der Waals surface area contributed by atoms with E-state index in [-0.39, 0.29) is 0 Å². The summed E-state index contributed by atoms with van der Waals surface area (Å²) in [6, 6.07) is 90.4. The lowest BCUT2D eigenvalue weighted by Crippen LogP contribution is -1.93. The quantitative estimate of drug-likeness (QED) is 0.163. The van der Waals surface area contributed by atoms with E-state index in [1.54, 1.807) is 0 Å². The van der Waals surface area contributed by atoms with E-state index in [4.69, 9.17) is 4.42 Å². The van der Waals surface area contributed by atoms with E-state index in [9.17, 15) is 0 Å². The molecule has 4 heterocycles. The first-order chi connectivity index (χ1) is 34.7. The van der Waals surface area contributed by atoms with E-state index in [2.05, 4.69) is 262 Å². The smallest absolute Gasteiger partial charge is 0.136 e. The van der Waals surface area contributed by atoms with Gasteiger partial charge in [-0.1, -0.05) is 133 Å². The van der Waals surface area contributed by atoms with Gasteiger partial charge in [-0.2, -0.15) is 0 Å². The number of hydrogen-bond acceptors (Lipinski definition) is 1. The van der Waals surface area contributed by atoms with Crippen LogP contribution in [0.4, 0.5) is 0 Å². The van der Waals surface area contributed by atoms with Crippen molar-refractivity contribution in [3.05, 3.63) is 249 Å². The van der Waals surface area contributed by atoms with Crippen LogP contribution < -0.4 is 0 Å². The number of fused-ring (bicyclic) bond motifs is 12. The maximum absolute atomic E-state index is 6.63. The average molecular weight is 892 g/mol. The van der Waals surface area contributed by atoms with Gasteiger partial charge in [-0.15, -0.1) is 0 Å². The molecule has 326 valence electrons. The minimum Gasteiger partial charge on any atom is -0.456 e. The number of furan rings is 1. The fourth-order valence-electron chi connectivity index (χ4n) is 11.5. The van der Waals surface area contributed by atoms with Gasteiger partial charge in [0.25, 0.3) is 0 Å². The molecule has 4 nitrogen and oxygen atoms in total. The second-order valence-corrected chi connectivity index (χ2v) is 18.5. The monoisotopic (exact) mass is 891 g/mol. The van der Waals surface area contributed by atoms with Gasteiger partial charge >= 0.3 is 0 Å². The summed E-state index contributed by atoms with van der Waals surface area (Å²) >= 11 is 0. The van der Waals surface area contributed by atoms with Crippen molar-refractivity contribution in [2.75, 3.05) is 0 Å². The molecule has 0 saturated carbocycles. The van der Waals surface area contributed by atoms with Gasteiger partial charge in [0, 0.05) is 60.2 Å². The molecule has 0 bridgehead atoms. The average Bonchev–Trinajstić information content (AvgIpc) is 4.17. The van der Waals surface area contributed by atoms with Crippen LogP contribution in [-0.2, 0) is 0 Å². The summed E-state index contributed by atoms with van der Waals surface area (Å²) < 4.78 is 13.8. The van der Waals surface area contributed by atoms with Gasteiger partial charge in [-0.05, 0) is 149 Å². The van der Waals surface area contributed by atoms with E-state index in [0.29, 0.717) is 0 Å². The Hall–Kier alpha value is -9.38. The number of aromatic nitrogens is 3. The summed E-state index contributed by atoms with van der Waals surface area (Å²) in [5.41, 5.74) is 19.3. The Kier molecular flexibility index (Phi) is 8.33. The Bertz CT molecular complexity index is 4570. The molecule has 0 N–H and O–H groups in total. The zero-order chi connectivity index (χ0) is 45.9. The maximum Gasteiger partial charge on any atom is 0.136 e. The van der Waals surface area contributed by atoms with Crippen molar-refractivity contribution in [3.63, 3.8) is 0 Å². The summed E-state index contributed by atoms with van der Waals surface area (Å²) in [6.45, 7) is 0. The first kappa shape index (κ1) is 38.7. The highest BCUT2D eigenvalue weighted by molar-refractivity contribution is 6.17. The van der Waals surface area contributed by atoms with Crippen LogP contribution in [0.1, 0.15) is 0 Å². The van der Waals surface area contributed by atoms with Crippen molar-refractivity contribution in [1.29, 1.82) is 0 Å². The number of rotatable bonds is 6. The standard InChI is InChI=1S/C66H41N3O/c1-4-15-47(16-5-1)67-58-24-12-10-21-51(58)53-37-42(27-32-60(53)67)43-28-33-62-55(38-43)56-39-44(29-34-63(56)69(62)49-19-8-3-9-20-49)45-31-36-64-57(40-45)66-50(23-14-26-65(66)70-64)46-30-35-61-54(41-46)52-22-11-13-25-59(52)68(61)48-17-6-2-7-18-48/h1-41H. The molecule has 11 aromatic carbocycles. The highest BCUT2D eigenvalue weighted by Crippen LogP contribution is 2.43. The molecule has 0 unspecified atom stereocenters. The molecular weight excluding hydrogens is 851 g/mol. The van der Waals surface area contributed by atoms with Gasteiger partial charge in [0.15, 0.2) is 0 Å². The molecule has 0 amide bonds. The fourth-order valence-corrected chi connectivity index (χ4v) is 11.5. The van der Waals surface area contributed by atoms with Crippen molar-refractivity contribution in [3.8, 4) is 50.4 Å². The number of benzene rings is 11. The second-order valence-electron chi connectivity index (χ2n) is 18.5. The molecule has 0 atom stereocenters. The molecule has 0 aliphatic heterocycles. The molecule has 0 aliphatic rings. The van der Waals surface area contributed by atoms with E-state index < -0.39 is 0 Å². The third-order valence-electron chi connectivity index (χ3n) is 14.6. The van der Waals surface area contributed by atoms with Crippen LogP contribution in [0, 0.1) is 0 Å². The normalized spacial score (nSPS) is 12.0. The molecule has 0 radical (unpaired) electrons. The van der Waals surface area contributed by atoms with Crippen LogP contribution in [0.3, 0.4) is 0 Å². The molecule has 15 rings (SSSR count). The molecule has 0 aliphatic carbocycles. The van der Waals surface area contributed by atoms with E-state index >= 15 is 0 Å².